The van der Waals surface area contributed by atoms with Crippen LogP contribution in [0.3, 0.4) is 0 Å². The van der Waals surface area contributed by atoms with Gasteiger partial charge in [-0.25, -0.2) is 0 Å². The summed E-state index contributed by atoms with van der Waals surface area (Å²) in [5.41, 5.74) is 6.33. The van der Waals surface area contributed by atoms with Crippen LogP contribution in [0.4, 0.5) is 5.69 Å². The molecule has 0 amide bonds. The van der Waals surface area contributed by atoms with Gasteiger partial charge in [0.25, 0.3) is 0 Å². The second-order valence-corrected chi connectivity index (χ2v) is 19.1. The van der Waals surface area contributed by atoms with E-state index in [2.05, 4.69) is 114 Å². The molecule has 2 radical (unpaired) electrons. The van der Waals surface area contributed by atoms with Crippen LogP contribution in [-0.4, -0.2) is 42.6 Å². The van der Waals surface area contributed by atoms with Crippen LogP contribution in [0.25, 0.3) is 0 Å². The molecule has 6 atom stereocenters. The first-order valence-electron chi connectivity index (χ1n) is 21.4. The minimum atomic E-state index is -0.0223. The maximum Gasteiger partial charge on any atom is 0.139 e. The maximum absolute atomic E-state index is 12.6. The quantitative estimate of drug-likeness (QED) is 0.0839. The summed E-state index contributed by atoms with van der Waals surface area (Å²) in [6.07, 6.45) is 18.7. The molecule has 0 spiro atoms. The molecule has 0 bridgehead atoms. The number of aryl methyl sites for hydroxylation is 2. The standard InChI is InChI=1S/C28H42N2O.C9H18BI.C4H10.C3H6.C2H6/c1-4-14-29-21-11-15-30(16-12-21)26-18-20-6-7-23-22(24(20)17-19(26)5-2)10-13-28(3)25(23)8-9-27(28)31;1-4-5-6-7-8(2)9(3,10)11;1-4(2)3;1-3-2;1-2/h17-18,21-23,25,29H,4-16H2,1-3H3;8H,4-7H2,1-3H3;4H,1-3H3;3H,1H2,2H3;1-2H3. The lowest BCUT2D eigenvalue weighted by molar-refractivity contribution is -0.129. The summed E-state index contributed by atoms with van der Waals surface area (Å²) in [4.78, 5) is 15.3. The average molecular weight is 817 g/mol. The molecule has 3 nitrogen and oxygen atoms in total. The number of halogens is 1. The van der Waals surface area contributed by atoms with Crippen molar-refractivity contribution in [3.8, 4) is 0 Å². The number of allylic oxidation sites excluding steroid dienone is 1. The Labute approximate surface area is 333 Å². The van der Waals surface area contributed by atoms with Crippen molar-refractivity contribution in [3.05, 3.63) is 41.5 Å². The highest BCUT2D eigenvalue weighted by molar-refractivity contribution is 14.1. The van der Waals surface area contributed by atoms with E-state index in [-0.39, 0.29) is 8.74 Å². The summed E-state index contributed by atoms with van der Waals surface area (Å²) in [6, 6.07) is 5.88. The van der Waals surface area contributed by atoms with Gasteiger partial charge in [0.1, 0.15) is 5.78 Å². The number of unbranched alkanes of at least 4 members (excludes halogenated alkanes) is 2. The van der Waals surface area contributed by atoms with Crippen LogP contribution in [0, 0.1) is 29.1 Å². The van der Waals surface area contributed by atoms with Crippen molar-refractivity contribution in [1.29, 1.82) is 0 Å². The molecule has 1 heterocycles. The number of alkyl halides is 1. The third-order valence-corrected chi connectivity index (χ3v) is 12.8. The molecule has 1 aromatic carbocycles. The van der Waals surface area contributed by atoms with E-state index < -0.39 is 0 Å². The lowest BCUT2D eigenvalue weighted by Gasteiger charge is -2.48. The van der Waals surface area contributed by atoms with Gasteiger partial charge in [0, 0.05) is 36.7 Å². The lowest BCUT2D eigenvalue weighted by atomic mass is 9.55. The predicted molar refractivity (Wildman–Crippen MR) is 238 cm³/mol. The molecule has 4 aliphatic rings. The smallest absolute Gasteiger partial charge is 0.139 e. The van der Waals surface area contributed by atoms with Gasteiger partial charge in [0.15, 0.2) is 0 Å². The molecule has 3 aliphatic carbocycles. The Bertz CT molecular complexity index is 1120. The van der Waals surface area contributed by atoms with Gasteiger partial charge in [0.2, 0.25) is 0 Å². The van der Waals surface area contributed by atoms with E-state index in [4.69, 9.17) is 7.85 Å². The van der Waals surface area contributed by atoms with Gasteiger partial charge in [-0.3, -0.25) is 4.79 Å². The molecule has 1 saturated heterocycles. The number of ketones is 1. The molecule has 0 aromatic heterocycles. The van der Waals surface area contributed by atoms with Crippen molar-refractivity contribution >= 4 is 41.9 Å². The molecule has 1 aliphatic heterocycles. The maximum atomic E-state index is 12.6. The number of carbonyl (C=O) groups excluding carboxylic acids is 1. The fourth-order valence-electron chi connectivity index (χ4n) is 8.66. The molecular weight excluding hydrogens is 734 g/mol. The highest BCUT2D eigenvalue weighted by Crippen LogP contribution is 2.59. The Morgan fingerprint density at radius 3 is 2.16 bits per heavy atom. The zero-order chi connectivity index (χ0) is 38.8. The van der Waals surface area contributed by atoms with Crippen LogP contribution in [-0.2, 0) is 17.6 Å². The van der Waals surface area contributed by atoms with Gasteiger partial charge in [-0.05, 0) is 127 Å². The minimum Gasteiger partial charge on any atom is -0.371 e. The van der Waals surface area contributed by atoms with E-state index in [1.807, 2.05) is 20.8 Å². The fraction of sp³-hybridized carbons (Fsp3) is 0.804. The van der Waals surface area contributed by atoms with Gasteiger partial charge in [-0.2, -0.15) is 0 Å². The third kappa shape index (κ3) is 14.7. The molecule has 51 heavy (non-hydrogen) atoms. The van der Waals surface area contributed by atoms with Crippen LogP contribution in [0.1, 0.15) is 183 Å². The minimum absolute atomic E-state index is 0.0116. The number of hydrogen-bond acceptors (Lipinski definition) is 3. The van der Waals surface area contributed by atoms with Gasteiger partial charge < -0.3 is 10.2 Å². The number of carbonyl (C=O) groups is 1. The second kappa shape index (κ2) is 24.6. The Kier molecular flexibility index (Phi) is 23.2. The van der Waals surface area contributed by atoms with Crippen LogP contribution in [0.5, 0.6) is 0 Å². The van der Waals surface area contributed by atoms with E-state index in [9.17, 15) is 4.79 Å². The number of benzene rings is 1. The zero-order valence-corrected chi connectivity index (χ0v) is 37.9. The first kappa shape index (κ1) is 48.2. The van der Waals surface area contributed by atoms with Gasteiger partial charge in [-0.1, -0.05) is 137 Å². The van der Waals surface area contributed by atoms with Crippen LogP contribution < -0.4 is 10.2 Å². The van der Waals surface area contributed by atoms with Crippen molar-refractivity contribution < 1.29 is 4.79 Å². The summed E-state index contributed by atoms with van der Waals surface area (Å²) in [6.45, 7) is 32.7. The van der Waals surface area contributed by atoms with Crippen molar-refractivity contribution in [1.82, 2.24) is 5.32 Å². The van der Waals surface area contributed by atoms with Gasteiger partial charge >= 0.3 is 0 Å². The SMILES string of the molecule is C=CC.CC.CC(C)C.CCCNC1CCN(c2cc3c(cc2CC)C2CCC4(C)C(=O)CCC4C2CC3)CC1.[B]C(C)(I)C(C)CCCCC. The topological polar surface area (TPSA) is 32.3 Å². The largest absolute Gasteiger partial charge is 0.371 e. The number of nitrogens with one attached hydrogen (secondary N) is 1. The summed E-state index contributed by atoms with van der Waals surface area (Å²) in [5.74, 6) is 4.08. The number of hydrogen-bond donors (Lipinski definition) is 1. The van der Waals surface area contributed by atoms with E-state index in [1.54, 1.807) is 22.8 Å². The van der Waals surface area contributed by atoms with E-state index in [1.165, 1.54) is 83.0 Å². The summed E-state index contributed by atoms with van der Waals surface area (Å²) < 4.78 is -0.0223. The number of Topliss-reactive ketones (excluding diaryl/α,β-unsaturated/α-hetero) is 1. The number of piperidine rings is 1. The lowest BCUT2D eigenvalue weighted by Crippen LogP contribution is -2.43. The number of nitrogens with zero attached hydrogens (tertiary/aromatic N) is 1. The van der Waals surface area contributed by atoms with E-state index in [0.717, 1.165) is 44.1 Å². The van der Waals surface area contributed by atoms with E-state index in [0.29, 0.717) is 29.6 Å². The molecule has 1 aromatic rings. The van der Waals surface area contributed by atoms with Crippen molar-refractivity contribution in [2.75, 3.05) is 24.5 Å². The van der Waals surface area contributed by atoms with Gasteiger partial charge in [-0.15, -0.1) is 6.58 Å². The Hall–Kier alpha value is -0.815. The molecule has 3 fully saturated rings. The molecule has 1 N–H and O–H groups in total. The summed E-state index contributed by atoms with van der Waals surface area (Å²) in [5, 5.41) is 3.73. The van der Waals surface area contributed by atoms with Crippen LogP contribution in [0.15, 0.2) is 24.8 Å². The second-order valence-electron chi connectivity index (χ2n) is 16.8. The van der Waals surface area contributed by atoms with Crippen molar-refractivity contribution in [3.63, 3.8) is 0 Å². The van der Waals surface area contributed by atoms with E-state index >= 15 is 0 Å². The number of rotatable bonds is 10. The Balaban J connectivity index is 0.000000542. The Morgan fingerprint density at radius 2 is 1.63 bits per heavy atom. The molecular formula is C46H82BIN2O. The molecule has 6 unspecified atom stereocenters. The highest BCUT2D eigenvalue weighted by Gasteiger charge is 2.54. The first-order valence-corrected chi connectivity index (χ1v) is 22.5. The molecule has 2 saturated carbocycles. The molecule has 5 heteroatoms. The normalized spacial score (nSPS) is 25.4. The summed E-state index contributed by atoms with van der Waals surface area (Å²) >= 11 is 2.33. The fourth-order valence-corrected chi connectivity index (χ4v) is 8.97. The van der Waals surface area contributed by atoms with Gasteiger partial charge in [0.05, 0.1) is 7.85 Å². The first-order chi connectivity index (χ1) is 24.2. The summed E-state index contributed by atoms with van der Waals surface area (Å²) in [7, 11) is 5.95. The Morgan fingerprint density at radius 1 is 1.02 bits per heavy atom. The predicted octanol–water partition coefficient (Wildman–Crippen LogP) is 13.0. The molecule has 292 valence electrons. The average Bonchev–Trinajstić information content (AvgIpc) is 3.41. The third-order valence-electron chi connectivity index (χ3n) is 11.7. The number of fused-ring (bicyclic) bond motifs is 5. The van der Waals surface area contributed by atoms with Crippen molar-refractivity contribution in [2.24, 2.45) is 29.1 Å². The van der Waals surface area contributed by atoms with Crippen LogP contribution >= 0.6 is 22.6 Å². The monoisotopic (exact) mass is 817 g/mol. The molecule has 5 rings (SSSR count). The van der Waals surface area contributed by atoms with Crippen molar-refractivity contribution in [2.45, 2.75) is 188 Å². The number of anilines is 1. The van der Waals surface area contributed by atoms with Crippen LogP contribution in [0.2, 0.25) is 0 Å². The highest BCUT2D eigenvalue weighted by atomic mass is 127. The zero-order valence-electron chi connectivity index (χ0n) is 35.7.